The van der Waals surface area contributed by atoms with Crippen molar-refractivity contribution in [1.82, 2.24) is 10.2 Å². The highest BCUT2D eigenvalue weighted by Gasteiger charge is 2.43. The molecule has 0 unspecified atom stereocenters. The highest BCUT2D eigenvalue weighted by atomic mass is 19.1. The van der Waals surface area contributed by atoms with E-state index in [0.29, 0.717) is 56.4 Å². The number of methoxy groups -OCH3 is 1. The molecule has 1 fully saturated rings. The number of amides is 2. The zero-order valence-electron chi connectivity index (χ0n) is 24.1. The molecule has 2 atom stereocenters. The molecule has 0 radical (unpaired) electrons. The number of alkyl carbamates (subject to hydrolysis) is 1. The minimum absolute atomic E-state index is 0.0587. The number of carbonyl (C=O) groups excluding carboxylic acids is 2. The van der Waals surface area contributed by atoms with Gasteiger partial charge < -0.3 is 20.1 Å². The predicted octanol–water partition coefficient (Wildman–Crippen LogP) is 6.25. The van der Waals surface area contributed by atoms with Gasteiger partial charge in [0.25, 0.3) is 0 Å². The van der Waals surface area contributed by atoms with Gasteiger partial charge in [0.1, 0.15) is 5.82 Å². The van der Waals surface area contributed by atoms with Gasteiger partial charge >= 0.3 is 6.09 Å². The summed E-state index contributed by atoms with van der Waals surface area (Å²) in [6.45, 7) is 3.38. The number of hydrogen-bond donors (Lipinski definition) is 2. The van der Waals surface area contributed by atoms with Crippen LogP contribution in [0.1, 0.15) is 55.7 Å². The second kappa shape index (κ2) is 14.3. The van der Waals surface area contributed by atoms with Gasteiger partial charge in [-0.3, -0.25) is 4.79 Å². The lowest BCUT2D eigenvalue weighted by Gasteiger charge is -2.43. The molecule has 3 aromatic rings. The van der Waals surface area contributed by atoms with E-state index in [2.05, 4.69) is 17.0 Å². The van der Waals surface area contributed by atoms with E-state index >= 15 is 4.39 Å². The number of aliphatic hydroxyl groups is 1. The van der Waals surface area contributed by atoms with Crippen LogP contribution >= 0.6 is 0 Å². The fourth-order valence-electron chi connectivity index (χ4n) is 5.95. The van der Waals surface area contributed by atoms with Gasteiger partial charge in [0.15, 0.2) is 0 Å². The maximum atomic E-state index is 15.6. The van der Waals surface area contributed by atoms with Crippen molar-refractivity contribution in [3.63, 3.8) is 0 Å². The van der Waals surface area contributed by atoms with E-state index in [1.54, 1.807) is 12.1 Å². The molecule has 4 rings (SSSR count). The molecule has 0 aliphatic carbocycles. The van der Waals surface area contributed by atoms with Crippen LogP contribution in [0.2, 0.25) is 0 Å². The normalized spacial score (nSPS) is 16.6. The summed E-state index contributed by atoms with van der Waals surface area (Å²) in [5, 5.41) is 15.3. The molecule has 2 amide bonds. The van der Waals surface area contributed by atoms with E-state index in [0.717, 1.165) is 29.5 Å². The number of likely N-dealkylation sites (tertiary alicyclic amines) is 1. The Morgan fingerprint density at radius 1 is 1.07 bits per heavy atom. The van der Waals surface area contributed by atoms with Crippen LogP contribution in [-0.4, -0.2) is 48.8 Å². The summed E-state index contributed by atoms with van der Waals surface area (Å²) in [6.07, 6.45) is 3.52. The third kappa shape index (κ3) is 7.53. The standard InChI is InChI=1S/C34H41FN2O4/c1-3-25-13-7-14-27(23-25)32-29(16-8-17-30(32)35)34(40,20-10-21-36-33(39)41-2)28-15-9-22-37(24-28)31(38)19-18-26-11-5-4-6-12-26/h4-8,11-14,16-17,23,28,40H,3,9-10,15,18-22,24H2,1-2H3,(H,36,39)/t28-,34+/m1/s1. The Morgan fingerprint density at radius 3 is 2.59 bits per heavy atom. The van der Waals surface area contributed by atoms with Crippen molar-refractivity contribution in [3.8, 4) is 11.1 Å². The molecule has 0 aromatic heterocycles. The molecular formula is C34H41FN2O4. The minimum Gasteiger partial charge on any atom is -0.453 e. The maximum Gasteiger partial charge on any atom is 0.406 e. The molecule has 3 aromatic carbocycles. The smallest absolute Gasteiger partial charge is 0.406 e. The number of piperidine rings is 1. The van der Waals surface area contributed by atoms with Crippen molar-refractivity contribution in [2.45, 2.75) is 57.5 Å². The molecule has 1 aliphatic rings. The van der Waals surface area contributed by atoms with Gasteiger partial charge in [-0.1, -0.05) is 73.7 Å². The van der Waals surface area contributed by atoms with Gasteiger partial charge in [0.05, 0.1) is 12.7 Å². The number of hydrogen-bond acceptors (Lipinski definition) is 4. The molecule has 218 valence electrons. The van der Waals surface area contributed by atoms with Crippen LogP contribution in [0.4, 0.5) is 9.18 Å². The fourth-order valence-corrected chi connectivity index (χ4v) is 5.95. The van der Waals surface area contributed by atoms with Crippen LogP contribution in [0.3, 0.4) is 0 Å². The maximum absolute atomic E-state index is 15.6. The quantitative estimate of drug-likeness (QED) is 0.272. The summed E-state index contributed by atoms with van der Waals surface area (Å²) < 4.78 is 20.3. The van der Waals surface area contributed by atoms with Crippen LogP contribution in [0.15, 0.2) is 72.8 Å². The summed E-state index contributed by atoms with van der Waals surface area (Å²) >= 11 is 0. The van der Waals surface area contributed by atoms with Crippen molar-refractivity contribution in [1.29, 1.82) is 0 Å². The number of ether oxygens (including phenoxy) is 1. The summed E-state index contributed by atoms with van der Waals surface area (Å²) in [6, 6.07) is 22.6. The van der Waals surface area contributed by atoms with Crippen LogP contribution in [0.5, 0.6) is 0 Å². The highest BCUT2D eigenvalue weighted by molar-refractivity contribution is 5.76. The first-order chi connectivity index (χ1) is 19.9. The Kier molecular flexibility index (Phi) is 10.5. The number of nitrogens with one attached hydrogen (secondary N) is 1. The predicted molar refractivity (Wildman–Crippen MR) is 159 cm³/mol. The van der Waals surface area contributed by atoms with Crippen molar-refractivity contribution in [3.05, 3.63) is 95.3 Å². The molecular weight excluding hydrogens is 519 g/mol. The zero-order chi connectivity index (χ0) is 29.2. The first-order valence-electron chi connectivity index (χ1n) is 14.6. The Morgan fingerprint density at radius 2 is 1.83 bits per heavy atom. The number of rotatable bonds is 11. The summed E-state index contributed by atoms with van der Waals surface area (Å²) in [5.74, 6) is -0.637. The first kappa shape index (κ1) is 30.3. The highest BCUT2D eigenvalue weighted by Crippen LogP contribution is 2.44. The monoisotopic (exact) mass is 560 g/mol. The van der Waals surface area contributed by atoms with E-state index in [-0.39, 0.29) is 18.2 Å². The lowest BCUT2D eigenvalue weighted by molar-refractivity contribution is -0.136. The van der Waals surface area contributed by atoms with Crippen LogP contribution in [0, 0.1) is 11.7 Å². The van der Waals surface area contributed by atoms with Crippen molar-refractivity contribution in [2.75, 3.05) is 26.7 Å². The van der Waals surface area contributed by atoms with Crippen LogP contribution in [-0.2, 0) is 28.0 Å². The number of nitrogens with zero attached hydrogens (tertiary/aromatic N) is 1. The van der Waals surface area contributed by atoms with Crippen molar-refractivity contribution >= 4 is 12.0 Å². The third-order valence-corrected chi connectivity index (χ3v) is 8.21. The Labute approximate surface area is 242 Å². The van der Waals surface area contributed by atoms with Gasteiger partial charge in [-0.05, 0) is 66.8 Å². The molecule has 6 nitrogen and oxygen atoms in total. The average molecular weight is 561 g/mol. The summed E-state index contributed by atoms with van der Waals surface area (Å²) in [7, 11) is 1.31. The molecule has 0 spiro atoms. The van der Waals surface area contributed by atoms with Crippen LogP contribution in [0.25, 0.3) is 11.1 Å². The summed E-state index contributed by atoms with van der Waals surface area (Å²) in [4.78, 5) is 26.8. The SMILES string of the molecule is CCc1cccc(-c2c(F)cccc2[C@](O)(CCCNC(=O)OC)[C@@H]2CCCN(C(=O)CCc3ccccc3)C2)c1. The molecule has 1 aliphatic heterocycles. The van der Waals surface area contributed by atoms with Crippen molar-refractivity contribution < 1.29 is 23.8 Å². The molecule has 7 heteroatoms. The Hall–Kier alpha value is -3.71. The molecule has 41 heavy (non-hydrogen) atoms. The van der Waals surface area contributed by atoms with Gasteiger partial charge in [0.2, 0.25) is 5.91 Å². The van der Waals surface area contributed by atoms with Gasteiger partial charge in [-0.25, -0.2) is 9.18 Å². The van der Waals surface area contributed by atoms with E-state index in [1.807, 2.05) is 59.5 Å². The lowest BCUT2D eigenvalue weighted by Crippen LogP contribution is -2.48. The zero-order valence-corrected chi connectivity index (χ0v) is 24.1. The molecule has 2 N–H and O–H groups in total. The molecule has 1 saturated heterocycles. The second-order valence-electron chi connectivity index (χ2n) is 10.8. The third-order valence-electron chi connectivity index (χ3n) is 8.21. The fraction of sp³-hybridized carbons (Fsp3) is 0.412. The topological polar surface area (TPSA) is 78.9 Å². The minimum atomic E-state index is -1.42. The van der Waals surface area contributed by atoms with E-state index in [9.17, 15) is 14.7 Å². The molecule has 0 saturated carbocycles. The van der Waals surface area contributed by atoms with Crippen molar-refractivity contribution in [2.24, 2.45) is 5.92 Å². The molecule has 1 heterocycles. The number of carbonyl (C=O) groups is 2. The van der Waals surface area contributed by atoms with E-state index in [4.69, 9.17) is 0 Å². The average Bonchev–Trinajstić information content (AvgIpc) is 3.02. The van der Waals surface area contributed by atoms with E-state index in [1.165, 1.54) is 13.2 Å². The number of halogens is 1. The van der Waals surface area contributed by atoms with Gasteiger partial charge in [-0.15, -0.1) is 0 Å². The largest absolute Gasteiger partial charge is 0.453 e. The molecule has 0 bridgehead atoms. The lowest BCUT2D eigenvalue weighted by atomic mass is 9.72. The number of benzene rings is 3. The number of aryl methyl sites for hydroxylation is 2. The Bertz CT molecular complexity index is 1320. The second-order valence-corrected chi connectivity index (χ2v) is 10.8. The first-order valence-corrected chi connectivity index (χ1v) is 14.6. The van der Waals surface area contributed by atoms with Gasteiger partial charge in [0, 0.05) is 37.5 Å². The van der Waals surface area contributed by atoms with E-state index < -0.39 is 17.5 Å². The summed E-state index contributed by atoms with van der Waals surface area (Å²) in [5.41, 5.74) is 2.40. The van der Waals surface area contributed by atoms with Crippen LogP contribution < -0.4 is 5.32 Å². The Balaban J connectivity index is 1.64. The van der Waals surface area contributed by atoms with Gasteiger partial charge in [-0.2, -0.15) is 0 Å².